The first-order valence-electron chi connectivity index (χ1n) is 11.0. The molecule has 2 nitrogen and oxygen atoms in total. The minimum absolute atomic E-state index is 0.310. The number of hydrogen-bond donors (Lipinski definition) is 2. The van der Waals surface area contributed by atoms with Gasteiger partial charge in [-0.1, -0.05) is 63.3 Å². The molecule has 0 aliphatic heterocycles. The Hall–Kier alpha value is -0.860. The molecule has 0 amide bonds. The van der Waals surface area contributed by atoms with Crippen molar-refractivity contribution in [2.45, 2.75) is 96.5 Å². The van der Waals surface area contributed by atoms with Gasteiger partial charge in [-0.25, -0.2) is 0 Å². The van der Waals surface area contributed by atoms with Crippen LogP contribution in [0.4, 0.5) is 0 Å². The van der Waals surface area contributed by atoms with Gasteiger partial charge in [-0.15, -0.1) is 0 Å². The molecule has 0 aromatic rings. The standard InChI is InChI=1S/C24H40O2/c1-19-9-3-4-11-23(22(14-7-10-19)12-5-6-18-25)17-16-21-13-8-15-24(26)20(21)2/h16-17,19,22,24-26H,2-15,18H2,1H3/b21-16-,23-17+. The third kappa shape index (κ3) is 7.04. The normalized spacial score (nSPS) is 32.1. The minimum atomic E-state index is -0.348. The molecule has 0 radical (unpaired) electrons. The van der Waals surface area contributed by atoms with Gasteiger partial charge >= 0.3 is 0 Å². The van der Waals surface area contributed by atoms with Crippen LogP contribution >= 0.6 is 0 Å². The summed E-state index contributed by atoms with van der Waals surface area (Å²) < 4.78 is 0. The van der Waals surface area contributed by atoms with Gasteiger partial charge in [0.15, 0.2) is 0 Å². The summed E-state index contributed by atoms with van der Waals surface area (Å²) >= 11 is 0. The van der Waals surface area contributed by atoms with E-state index in [1.165, 1.54) is 56.9 Å². The number of unbranched alkanes of at least 4 members (excludes halogenated alkanes) is 1. The van der Waals surface area contributed by atoms with Crippen LogP contribution in [0.2, 0.25) is 0 Å². The molecule has 2 saturated carbocycles. The molecule has 2 rings (SSSR count). The van der Waals surface area contributed by atoms with Crippen molar-refractivity contribution in [3.63, 3.8) is 0 Å². The van der Waals surface area contributed by atoms with Crippen LogP contribution in [-0.2, 0) is 0 Å². The molecule has 3 atom stereocenters. The van der Waals surface area contributed by atoms with Crippen molar-refractivity contribution in [3.05, 3.63) is 35.5 Å². The Kier molecular flexibility index (Phi) is 9.71. The molecule has 2 heteroatoms. The first-order valence-corrected chi connectivity index (χ1v) is 11.0. The van der Waals surface area contributed by atoms with Gasteiger partial charge in [-0.05, 0) is 74.3 Å². The Bertz CT molecular complexity index is 488. The van der Waals surface area contributed by atoms with E-state index < -0.39 is 0 Å². The van der Waals surface area contributed by atoms with Crippen LogP contribution in [0.25, 0.3) is 0 Å². The fourth-order valence-corrected chi connectivity index (χ4v) is 4.55. The molecular weight excluding hydrogens is 320 g/mol. The second-order valence-corrected chi connectivity index (χ2v) is 8.56. The highest BCUT2D eigenvalue weighted by Crippen LogP contribution is 2.33. The fourth-order valence-electron chi connectivity index (χ4n) is 4.55. The summed E-state index contributed by atoms with van der Waals surface area (Å²) in [5.74, 6) is 1.53. The van der Waals surface area contributed by atoms with E-state index in [2.05, 4.69) is 25.7 Å². The predicted octanol–water partition coefficient (Wildman–Crippen LogP) is 6.10. The first-order chi connectivity index (χ1) is 12.6. The molecule has 0 saturated heterocycles. The number of aliphatic hydroxyl groups excluding tert-OH is 2. The van der Waals surface area contributed by atoms with Gasteiger partial charge < -0.3 is 10.2 Å². The number of rotatable bonds is 5. The van der Waals surface area contributed by atoms with E-state index in [0.717, 1.165) is 43.6 Å². The van der Waals surface area contributed by atoms with Crippen molar-refractivity contribution in [3.8, 4) is 0 Å². The van der Waals surface area contributed by atoms with Crippen molar-refractivity contribution in [1.29, 1.82) is 0 Å². The zero-order valence-corrected chi connectivity index (χ0v) is 16.9. The van der Waals surface area contributed by atoms with E-state index in [9.17, 15) is 5.11 Å². The summed E-state index contributed by atoms with van der Waals surface area (Å²) in [5, 5.41) is 19.2. The van der Waals surface area contributed by atoms with E-state index >= 15 is 0 Å². The van der Waals surface area contributed by atoms with Gasteiger partial charge in [0, 0.05) is 6.61 Å². The average molecular weight is 361 g/mol. The molecule has 3 unspecified atom stereocenters. The van der Waals surface area contributed by atoms with Crippen molar-refractivity contribution < 1.29 is 10.2 Å². The Morgan fingerprint density at radius 1 is 0.962 bits per heavy atom. The molecule has 0 spiro atoms. The van der Waals surface area contributed by atoms with Crippen LogP contribution in [0.5, 0.6) is 0 Å². The summed E-state index contributed by atoms with van der Waals surface area (Å²) in [6.07, 6.45) is 19.7. The smallest absolute Gasteiger partial charge is 0.0787 e. The molecule has 2 aliphatic carbocycles. The van der Waals surface area contributed by atoms with Gasteiger partial charge in [0.25, 0.3) is 0 Å². The Balaban J connectivity index is 2.12. The quantitative estimate of drug-likeness (QED) is 0.582. The van der Waals surface area contributed by atoms with E-state index in [4.69, 9.17) is 5.11 Å². The maximum absolute atomic E-state index is 10.1. The van der Waals surface area contributed by atoms with Crippen LogP contribution < -0.4 is 0 Å². The lowest BCUT2D eigenvalue weighted by Crippen LogP contribution is -2.16. The first kappa shape index (κ1) is 21.4. The molecule has 0 heterocycles. The van der Waals surface area contributed by atoms with Crippen molar-refractivity contribution in [2.24, 2.45) is 11.8 Å². The maximum Gasteiger partial charge on any atom is 0.0787 e. The summed E-state index contributed by atoms with van der Waals surface area (Å²) in [5.41, 5.74) is 3.77. The zero-order chi connectivity index (χ0) is 18.8. The lowest BCUT2D eigenvalue weighted by Gasteiger charge is -2.25. The number of allylic oxidation sites excluding steroid dienone is 3. The largest absolute Gasteiger partial charge is 0.396 e. The summed E-state index contributed by atoms with van der Waals surface area (Å²) in [4.78, 5) is 0. The topological polar surface area (TPSA) is 40.5 Å². The highest BCUT2D eigenvalue weighted by molar-refractivity contribution is 5.37. The molecule has 148 valence electrons. The lowest BCUT2D eigenvalue weighted by molar-refractivity contribution is 0.191. The van der Waals surface area contributed by atoms with Crippen molar-refractivity contribution in [2.75, 3.05) is 6.61 Å². The predicted molar refractivity (Wildman–Crippen MR) is 111 cm³/mol. The lowest BCUT2D eigenvalue weighted by atomic mass is 9.82. The Morgan fingerprint density at radius 2 is 1.77 bits per heavy atom. The van der Waals surface area contributed by atoms with Crippen LogP contribution in [0.3, 0.4) is 0 Å². The zero-order valence-electron chi connectivity index (χ0n) is 16.9. The number of aliphatic hydroxyl groups is 2. The van der Waals surface area contributed by atoms with E-state index in [1.54, 1.807) is 5.57 Å². The highest BCUT2D eigenvalue weighted by atomic mass is 16.3. The summed E-state index contributed by atoms with van der Waals surface area (Å²) in [7, 11) is 0. The van der Waals surface area contributed by atoms with Crippen molar-refractivity contribution in [1.82, 2.24) is 0 Å². The minimum Gasteiger partial charge on any atom is -0.396 e. The molecule has 0 aromatic heterocycles. The van der Waals surface area contributed by atoms with E-state index in [1.807, 2.05) is 0 Å². The Labute approximate surface area is 161 Å². The van der Waals surface area contributed by atoms with E-state index in [0.29, 0.717) is 12.5 Å². The summed E-state index contributed by atoms with van der Waals surface area (Å²) in [6.45, 7) is 6.83. The van der Waals surface area contributed by atoms with Gasteiger partial charge in [0.05, 0.1) is 6.10 Å². The van der Waals surface area contributed by atoms with Gasteiger partial charge in [0.2, 0.25) is 0 Å². The van der Waals surface area contributed by atoms with E-state index in [-0.39, 0.29) is 6.10 Å². The van der Waals surface area contributed by atoms with Crippen LogP contribution in [0.1, 0.15) is 90.4 Å². The molecule has 2 aliphatic rings. The number of hydrogen-bond acceptors (Lipinski definition) is 2. The van der Waals surface area contributed by atoms with Crippen molar-refractivity contribution >= 4 is 0 Å². The highest BCUT2D eigenvalue weighted by Gasteiger charge is 2.19. The molecule has 2 N–H and O–H groups in total. The molecule has 0 bridgehead atoms. The second kappa shape index (κ2) is 11.8. The van der Waals surface area contributed by atoms with Gasteiger partial charge in [0.1, 0.15) is 0 Å². The van der Waals surface area contributed by atoms with Gasteiger partial charge in [-0.3, -0.25) is 0 Å². The van der Waals surface area contributed by atoms with Crippen LogP contribution in [0.15, 0.2) is 35.5 Å². The molecule has 26 heavy (non-hydrogen) atoms. The third-order valence-corrected chi connectivity index (χ3v) is 6.38. The third-order valence-electron chi connectivity index (χ3n) is 6.38. The van der Waals surface area contributed by atoms with Gasteiger partial charge in [-0.2, -0.15) is 0 Å². The average Bonchev–Trinajstić information content (AvgIpc) is 2.63. The summed E-state index contributed by atoms with van der Waals surface area (Å²) in [6, 6.07) is 0. The van der Waals surface area contributed by atoms with Crippen LogP contribution in [0, 0.1) is 11.8 Å². The monoisotopic (exact) mass is 360 g/mol. The van der Waals surface area contributed by atoms with Crippen LogP contribution in [-0.4, -0.2) is 22.9 Å². The maximum atomic E-state index is 10.1. The molecule has 0 aromatic carbocycles. The fraction of sp³-hybridized carbons (Fsp3) is 0.750. The molecule has 2 fully saturated rings. The Morgan fingerprint density at radius 3 is 2.58 bits per heavy atom. The second-order valence-electron chi connectivity index (χ2n) is 8.56. The SMILES string of the molecule is C=C1/C(=C\C=C2/CCCCC(C)CCCC2CCCCO)CCCC1O. The molecular formula is C24H40O2.